The molecule has 0 radical (unpaired) electrons. The molecule has 13 heavy (non-hydrogen) atoms. The molecule has 3 heteroatoms. The lowest BCUT2D eigenvalue weighted by molar-refractivity contribution is 0.303. The second-order valence-corrected chi connectivity index (χ2v) is 2.87. The monoisotopic (exact) mass is 180 g/mol. The van der Waals surface area contributed by atoms with Gasteiger partial charge in [-0.1, -0.05) is 6.92 Å². The van der Waals surface area contributed by atoms with Crippen LogP contribution in [0.4, 0.5) is 0 Å². The van der Waals surface area contributed by atoms with Crippen LogP contribution in [0.15, 0.2) is 18.3 Å². The van der Waals surface area contributed by atoms with Gasteiger partial charge in [0.2, 0.25) is 5.88 Å². The van der Waals surface area contributed by atoms with Crippen molar-refractivity contribution >= 4 is 0 Å². The molecule has 72 valence electrons. The fraction of sp³-hybridized carbons (Fsp3) is 0.500. The predicted octanol–water partition coefficient (Wildman–Crippen LogP) is 1.38. The lowest BCUT2D eigenvalue weighted by atomic mass is 10.3. The molecule has 1 aromatic rings. The highest BCUT2D eigenvalue weighted by Crippen LogP contribution is 2.07. The van der Waals surface area contributed by atoms with Gasteiger partial charge in [0.1, 0.15) is 6.61 Å². The Morgan fingerprint density at radius 2 is 2.38 bits per heavy atom. The lowest BCUT2D eigenvalue weighted by Gasteiger charge is -2.05. The molecule has 0 unspecified atom stereocenters. The van der Waals surface area contributed by atoms with Gasteiger partial charge in [0.05, 0.1) is 0 Å². The smallest absolute Gasteiger partial charge is 0.213 e. The highest BCUT2D eigenvalue weighted by Gasteiger charge is 1.93. The number of nitrogens with one attached hydrogen (secondary N) is 1. The van der Waals surface area contributed by atoms with Gasteiger partial charge in [-0.25, -0.2) is 4.98 Å². The highest BCUT2D eigenvalue weighted by atomic mass is 16.5. The van der Waals surface area contributed by atoms with Crippen LogP contribution in [0, 0.1) is 6.92 Å². The van der Waals surface area contributed by atoms with E-state index in [4.69, 9.17) is 4.74 Å². The van der Waals surface area contributed by atoms with Crippen LogP contribution in [0.25, 0.3) is 0 Å². The van der Waals surface area contributed by atoms with Crippen LogP contribution in [0.3, 0.4) is 0 Å². The van der Waals surface area contributed by atoms with Gasteiger partial charge in [0.25, 0.3) is 0 Å². The van der Waals surface area contributed by atoms with Crippen molar-refractivity contribution in [1.82, 2.24) is 10.3 Å². The number of hydrogen-bond acceptors (Lipinski definition) is 3. The molecular weight excluding hydrogens is 164 g/mol. The van der Waals surface area contributed by atoms with Crippen LogP contribution in [-0.2, 0) is 0 Å². The van der Waals surface area contributed by atoms with Crippen molar-refractivity contribution in [2.45, 2.75) is 13.8 Å². The number of rotatable bonds is 5. The summed E-state index contributed by atoms with van der Waals surface area (Å²) in [5, 5.41) is 3.18. The molecule has 1 aromatic heterocycles. The van der Waals surface area contributed by atoms with Crippen LogP contribution in [0.5, 0.6) is 5.88 Å². The summed E-state index contributed by atoms with van der Waals surface area (Å²) in [4.78, 5) is 4.09. The van der Waals surface area contributed by atoms with Crippen LogP contribution in [0.2, 0.25) is 0 Å². The number of likely N-dealkylation sites (N-methyl/N-ethyl adjacent to an activating group) is 1. The number of hydrogen-bond donors (Lipinski definition) is 1. The number of ether oxygens (including phenoxy) is 1. The van der Waals surface area contributed by atoms with Crippen molar-refractivity contribution in [2.24, 2.45) is 0 Å². The van der Waals surface area contributed by atoms with E-state index in [0.29, 0.717) is 12.5 Å². The Bertz CT molecular complexity index is 250. The van der Waals surface area contributed by atoms with Crippen LogP contribution < -0.4 is 10.1 Å². The Morgan fingerprint density at radius 3 is 3.08 bits per heavy atom. The first-order valence-electron chi connectivity index (χ1n) is 4.59. The minimum Gasteiger partial charge on any atom is -0.476 e. The molecule has 1 rings (SSSR count). The summed E-state index contributed by atoms with van der Waals surface area (Å²) < 4.78 is 5.42. The molecule has 0 bridgehead atoms. The number of aryl methyl sites for hydroxylation is 1. The van der Waals surface area contributed by atoms with Gasteiger partial charge < -0.3 is 10.1 Å². The molecule has 0 aliphatic carbocycles. The minimum absolute atomic E-state index is 0.671. The van der Waals surface area contributed by atoms with E-state index in [1.165, 1.54) is 5.56 Å². The van der Waals surface area contributed by atoms with E-state index in [0.717, 1.165) is 13.1 Å². The van der Waals surface area contributed by atoms with Crippen molar-refractivity contribution < 1.29 is 4.74 Å². The third kappa shape index (κ3) is 3.90. The Labute approximate surface area is 79.1 Å². The third-order valence-electron chi connectivity index (χ3n) is 1.67. The van der Waals surface area contributed by atoms with E-state index in [1.807, 2.05) is 19.1 Å². The largest absolute Gasteiger partial charge is 0.476 e. The summed E-state index contributed by atoms with van der Waals surface area (Å²) in [6, 6.07) is 3.89. The molecule has 0 atom stereocenters. The van der Waals surface area contributed by atoms with E-state index in [1.54, 1.807) is 6.20 Å². The fourth-order valence-electron chi connectivity index (χ4n) is 0.992. The number of aromatic nitrogens is 1. The van der Waals surface area contributed by atoms with E-state index in [-0.39, 0.29) is 0 Å². The first-order chi connectivity index (χ1) is 6.33. The van der Waals surface area contributed by atoms with Crippen LogP contribution >= 0.6 is 0 Å². The third-order valence-corrected chi connectivity index (χ3v) is 1.67. The van der Waals surface area contributed by atoms with Crippen LogP contribution in [0.1, 0.15) is 12.5 Å². The standard InChI is InChI=1S/C10H16N2O/c1-3-11-6-7-13-10-8-9(2)4-5-12-10/h4-5,8,11H,3,6-7H2,1-2H3. The van der Waals surface area contributed by atoms with Gasteiger partial charge in [-0.15, -0.1) is 0 Å². The molecule has 1 N–H and O–H groups in total. The summed E-state index contributed by atoms with van der Waals surface area (Å²) >= 11 is 0. The Balaban J connectivity index is 2.28. The fourth-order valence-corrected chi connectivity index (χ4v) is 0.992. The molecule has 0 saturated carbocycles. The Morgan fingerprint density at radius 1 is 1.54 bits per heavy atom. The topological polar surface area (TPSA) is 34.1 Å². The highest BCUT2D eigenvalue weighted by molar-refractivity contribution is 5.18. The molecule has 0 aliphatic heterocycles. The van der Waals surface area contributed by atoms with Crippen molar-refractivity contribution in [3.63, 3.8) is 0 Å². The van der Waals surface area contributed by atoms with Gasteiger partial charge in [0, 0.05) is 18.8 Å². The summed E-state index contributed by atoms with van der Waals surface area (Å²) in [5.41, 5.74) is 1.17. The van der Waals surface area contributed by atoms with Crippen LogP contribution in [-0.4, -0.2) is 24.7 Å². The van der Waals surface area contributed by atoms with E-state index in [2.05, 4.69) is 17.2 Å². The zero-order chi connectivity index (χ0) is 9.52. The van der Waals surface area contributed by atoms with Gasteiger partial charge in [-0.05, 0) is 25.1 Å². The van der Waals surface area contributed by atoms with E-state index >= 15 is 0 Å². The predicted molar refractivity (Wildman–Crippen MR) is 53.0 cm³/mol. The zero-order valence-electron chi connectivity index (χ0n) is 8.21. The maximum atomic E-state index is 5.42. The van der Waals surface area contributed by atoms with Crippen molar-refractivity contribution in [3.8, 4) is 5.88 Å². The van der Waals surface area contributed by atoms with Gasteiger partial charge in [0.15, 0.2) is 0 Å². The average molecular weight is 180 g/mol. The summed E-state index contributed by atoms with van der Waals surface area (Å²) in [6.45, 7) is 6.62. The molecular formula is C10H16N2O. The van der Waals surface area contributed by atoms with Gasteiger partial charge in [-0.3, -0.25) is 0 Å². The maximum absolute atomic E-state index is 5.42. The first kappa shape index (κ1) is 9.99. The number of pyridine rings is 1. The maximum Gasteiger partial charge on any atom is 0.213 e. The summed E-state index contributed by atoms with van der Waals surface area (Å²) in [5.74, 6) is 0.706. The molecule has 0 aromatic carbocycles. The Hall–Kier alpha value is -1.09. The van der Waals surface area contributed by atoms with Gasteiger partial charge in [-0.2, -0.15) is 0 Å². The molecule has 3 nitrogen and oxygen atoms in total. The quantitative estimate of drug-likeness (QED) is 0.695. The second-order valence-electron chi connectivity index (χ2n) is 2.87. The molecule has 1 heterocycles. The molecule has 0 amide bonds. The Kier molecular flexibility index (Phi) is 4.26. The average Bonchev–Trinajstić information content (AvgIpc) is 2.13. The van der Waals surface area contributed by atoms with Gasteiger partial charge >= 0.3 is 0 Å². The summed E-state index contributed by atoms with van der Waals surface area (Å²) in [6.07, 6.45) is 1.76. The number of nitrogens with zero attached hydrogens (tertiary/aromatic N) is 1. The molecule has 0 saturated heterocycles. The lowest BCUT2D eigenvalue weighted by Crippen LogP contribution is -2.20. The zero-order valence-corrected chi connectivity index (χ0v) is 8.21. The normalized spacial score (nSPS) is 10.0. The van der Waals surface area contributed by atoms with Crippen molar-refractivity contribution in [2.75, 3.05) is 19.7 Å². The first-order valence-corrected chi connectivity index (χ1v) is 4.59. The summed E-state index contributed by atoms with van der Waals surface area (Å²) in [7, 11) is 0. The molecule has 0 spiro atoms. The molecule has 0 fully saturated rings. The molecule has 0 aliphatic rings. The van der Waals surface area contributed by atoms with Crippen molar-refractivity contribution in [3.05, 3.63) is 23.9 Å². The SMILES string of the molecule is CCNCCOc1cc(C)ccn1. The van der Waals surface area contributed by atoms with E-state index in [9.17, 15) is 0 Å². The minimum atomic E-state index is 0.671. The second kappa shape index (κ2) is 5.54. The van der Waals surface area contributed by atoms with E-state index < -0.39 is 0 Å². The van der Waals surface area contributed by atoms with Crippen molar-refractivity contribution in [1.29, 1.82) is 0 Å².